The lowest BCUT2D eigenvalue weighted by Crippen LogP contribution is -2.42. The molecule has 0 spiro atoms. The first-order chi connectivity index (χ1) is 14.9. The molecule has 0 radical (unpaired) electrons. The third kappa shape index (κ3) is 5.47. The summed E-state index contributed by atoms with van der Waals surface area (Å²) >= 11 is 5.96. The van der Waals surface area contributed by atoms with E-state index in [9.17, 15) is 13.2 Å². The van der Waals surface area contributed by atoms with Crippen molar-refractivity contribution in [2.45, 2.75) is 31.2 Å². The van der Waals surface area contributed by atoms with E-state index in [1.165, 1.54) is 22.6 Å². The maximum Gasteiger partial charge on any atom is 0.246 e. The highest BCUT2D eigenvalue weighted by Crippen LogP contribution is 2.29. The van der Waals surface area contributed by atoms with E-state index in [1.54, 1.807) is 7.11 Å². The molecule has 1 saturated heterocycles. The molecule has 1 aromatic carbocycles. The number of piperidine rings is 1. The highest BCUT2D eigenvalue weighted by atomic mass is 35.5. The highest BCUT2D eigenvalue weighted by Gasteiger charge is 2.33. The number of methoxy groups -OCH3 is 1. The van der Waals surface area contributed by atoms with Crippen LogP contribution < -0.4 is 14.8 Å². The number of nitrogens with zero attached hydrogens (tertiary/aromatic N) is 2. The molecular weight excluding hydrogens is 442 g/mol. The minimum absolute atomic E-state index is 0.0102. The molecule has 1 aliphatic rings. The van der Waals surface area contributed by atoms with Crippen LogP contribution >= 0.6 is 11.6 Å². The molecule has 1 aromatic heterocycles. The van der Waals surface area contributed by atoms with E-state index in [2.05, 4.69) is 10.3 Å². The molecule has 1 N–H and O–H groups in total. The Morgan fingerprint density at radius 2 is 2.00 bits per heavy atom. The van der Waals surface area contributed by atoms with Crippen LogP contribution in [0.25, 0.3) is 0 Å². The maximum absolute atomic E-state index is 12.8. The number of pyridine rings is 1. The number of halogens is 1. The second kappa shape index (κ2) is 10.3. The van der Waals surface area contributed by atoms with Gasteiger partial charge < -0.3 is 14.8 Å². The van der Waals surface area contributed by atoms with E-state index in [1.807, 2.05) is 25.1 Å². The van der Waals surface area contributed by atoms with Crippen molar-refractivity contribution in [3.8, 4) is 11.5 Å². The van der Waals surface area contributed by atoms with Crippen molar-refractivity contribution < 1.29 is 22.7 Å². The lowest BCUT2D eigenvalue weighted by atomic mass is 9.97. The zero-order valence-corrected chi connectivity index (χ0v) is 19.1. The van der Waals surface area contributed by atoms with E-state index in [0.29, 0.717) is 37.5 Å². The van der Waals surface area contributed by atoms with Gasteiger partial charge in [0.05, 0.1) is 13.7 Å². The van der Waals surface area contributed by atoms with Gasteiger partial charge in [0.1, 0.15) is 10.0 Å². The topological polar surface area (TPSA) is 97.8 Å². The number of aromatic nitrogens is 1. The van der Waals surface area contributed by atoms with Gasteiger partial charge in [-0.2, -0.15) is 4.31 Å². The summed E-state index contributed by atoms with van der Waals surface area (Å²) in [6, 6.07) is 8.50. The molecule has 1 aliphatic heterocycles. The van der Waals surface area contributed by atoms with Gasteiger partial charge in [-0.25, -0.2) is 13.4 Å². The van der Waals surface area contributed by atoms with Crippen molar-refractivity contribution in [1.82, 2.24) is 14.6 Å². The number of benzene rings is 1. The van der Waals surface area contributed by atoms with Crippen LogP contribution in [0, 0.1) is 5.92 Å². The quantitative estimate of drug-likeness (QED) is 0.599. The number of ether oxygens (including phenoxy) is 2. The summed E-state index contributed by atoms with van der Waals surface area (Å²) < 4.78 is 37.8. The third-order valence-electron chi connectivity index (χ3n) is 5.16. The van der Waals surface area contributed by atoms with Crippen LogP contribution in [0.4, 0.5) is 0 Å². The molecule has 10 heteroatoms. The summed E-state index contributed by atoms with van der Waals surface area (Å²) in [7, 11) is -2.16. The summed E-state index contributed by atoms with van der Waals surface area (Å²) in [5.74, 6) is 0.924. The first-order valence-electron chi connectivity index (χ1n) is 10.0. The molecule has 2 aromatic rings. The van der Waals surface area contributed by atoms with Gasteiger partial charge in [0.25, 0.3) is 0 Å². The number of carbonyl (C=O) groups is 1. The molecular formula is C21H26ClN3O5S. The second-order valence-electron chi connectivity index (χ2n) is 7.11. The van der Waals surface area contributed by atoms with E-state index >= 15 is 0 Å². The van der Waals surface area contributed by atoms with Crippen LogP contribution in [0.2, 0.25) is 5.15 Å². The summed E-state index contributed by atoms with van der Waals surface area (Å²) in [6.45, 7) is 3.29. The van der Waals surface area contributed by atoms with Crippen LogP contribution in [0.15, 0.2) is 41.4 Å². The number of hydrogen-bond acceptors (Lipinski definition) is 6. The zero-order valence-electron chi connectivity index (χ0n) is 17.5. The van der Waals surface area contributed by atoms with E-state index in [-0.39, 0.29) is 35.0 Å². The van der Waals surface area contributed by atoms with E-state index in [4.69, 9.17) is 21.1 Å². The Hall–Kier alpha value is -2.36. The summed E-state index contributed by atoms with van der Waals surface area (Å²) in [5, 5.41) is 2.88. The molecule has 0 saturated carbocycles. The smallest absolute Gasteiger partial charge is 0.246 e. The van der Waals surface area contributed by atoms with Crippen molar-refractivity contribution in [2.75, 3.05) is 26.8 Å². The van der Waals surface area contributed by atoms with Crippen LogP contribution in [0.3, 0.4) is 0 Å². The van der Waals surface area contributed by atoms with Crippen molar-refractivity contribution in [3.05, 3.63) is 47.2 Å². The summed E-state index contributed by atoms with van der Waals surface area (Å²) in [5.41, 5.74) is 0.889. The molecule has 1 fully saturated rings. The van der Waals surface area contributed by atoms with Gasteiger partial charge >= 0.3 is 0 Å². The SMILES string of the molecule is CCOc1ccc(CNC(=O)C2CCN(S(=O)(=O)c3cccnc3Cl)CC2)cc1OC. The fourth-order valence-electron chi connectivity index (χ4n) is 3.49. The van der Waals surface area contributed by atoms with Gasteiger partial charge in [0, 0.05) is 31.7 Å². The van der Waals surface area contributed by atoms with Crippen molar-refractivity contribution in [3.63, 3.8) is 0 Å². The van der Waals surface area contributed by atoms with Gasteiger partial charge in [0.15, 0.2) is 11.5 Å². The number of nitrogens with one attached hydrogen (secondary N) is 1. The van der Waals surface area contributed by atoms with E-state index in [0.717, 1.165) is 5.56 Å². The minimum atomic E-state index is -3.73. The van der Waals surface area contributed by atoms with Crippen molar-refractivity contribution >= 4 is 27.5 Å². The number of amides is 1. The van der Waals surface area contributed by atoms with Crippen LogP contribution in [0.1, 0.15) is 25.3 Å². The molecule has 0 atom stereocenters. The van der Waals surface area contributed by atoms with Gasteiger partial charge in [-0.15, -0.1) is 0 Å². The maximum atomic E-state index is 12.8. The molecule has 1 amide bonds. The van der Waals surface area contributed by atoms with Crippen LogP contribution in [0.5, 0.6) is 11.5 Å². The zero-order chi connectivity index (χ0) is 22.4. The van der Waals surface area contributed by atoms with Gasteiger partial charge in [-0.1, -0.05) is 17.7 Å². The number of carbonyl (C=O) groups excluding carboxylic acids is 1. The molecule has 2 heterocycles. The molecule has 3 rings (SSSR count). The van der Waals surface area contributed by atoms with Crippen LogP contribution in [-0.2, 0) is 21.4 Å². The molecule has 8 nitrogen and oxygen atoms in total. The van der Waals surface area contributed by atoms with Gasteiger partial charge in [-0.3, -0.25) is 4.79 Å². The first-order valence-corrected chi connectivity index (χ1v) is 11.9. The van der Waals surface area contributed by atoms with E-state index < -0.39 is 10.0 Å². The predicted molar refractivity (Wildman–Crippen MR) is 117 cm³/mol. The normalized spacial score (nSPS) is 15.5. The van der Waals surface area contributed by atoms with Gasteiger partial charge in [0.2, 0.25) is 15.9 Å². The Morgan fingerprint density at radius 1 is 1.26 bits per heavy atom. The Morgan fingerprint density at radius 3 is 2.65 bits per heavy atom. The van der Waals surface area contributed by atoms with Crippen molar-refractivity contribution in [2.24, 2.45) is 5.92 Å². The summed E-state index contributed by atoms with van der Waals surface area (Å²) in [6.07, 6.45) is 2.32. The Bertz CT molecular complexity index is 1020. The molecule has 168 valence electrons. The molecule has 0 bridgehead atoms. The summed E-state index contributed by atoms with van der Waals surface area (Å²) in [4.78, 5) is 16.4. The third-order valence-corrected chi connectivity index (χ3v) is 7.51. The second-order valence-corrected chi connectivity index (χ2v) is 9.37. The predicted octanol–water partition coefficient (Wildman–Crippen LogP) is 2.86. The molecule has 31 heavy (non-hydrogen) atoms. The Kier molecular flexibility index (Phi) is 7.74. The largest absolute Gasteiger partial charge is 0.493 e. The number of sulfonamides is 1. The fourth-order valence-corrected chi connectivity index (χ4v) is 5.39. The standard InChI is InChI=1S/C21H26ClN3O5S/c1-3-30-17-7-6-15(13-18(17)29-2)14-24-21(26)16-8-11-25(12-9-16)31(27,28)19-5-4-10-23-20(19)22/h4-7,10,13,16H,3,8-9,11-12,14H2,1-2H3,(H,24,26). The monoisotopic (exact) mass is 467 g/mol. The van der Waals surface area contributed by atoms with Crippen LogP contribution in [-0.4, -0.2) is 50.4 Å². The first kappa shape index (κ1) is 23.3. The Balaban J connectivity index is 1.55. The average molecular weight is 468 g/mol. The lowest BCUT2D eigenvalue weighted by molar-refractivity contribution is -0.126. The fraction of sp³-hybridized carbons (Fsp3) is 0.429. The van der Waals surface area contributed by atoms with Crippen molar-refractivity contribution in [1.29, 1.82) is 0 Å². The lowest BCUT2D eigenvalue weighted by Gasteiger charge is -2.30. The minimum Gasteiger partial charge on any atom is -0.493 e. The van der Waals surface area contributed by atoms with Gasteiger partial charge in [-0.05, 0) is 49.6 Å². The molecule has 0 unspecified atom stereocenters. The highest BCUT2D eigenvalue weighted by molar-refractivity contribution is 7.89. The Labute approximate surface area is 187 Å². The molecule has 0 aliphatic carbocycles. The number of rotatable bonds is 8. The average Bonchev–Trinajstić information content (AvgIpc) is 2.78. The number of hydrogen-bond donors (Lipinski definition) is 1.